The molecule has 102 valence electrons. The van der Waals surface area contributed by atoms with Crippen molar-refractivity contribution in [2.24, 2.45) is 5.84 Å². The molecule has 1 atom stereocenters. The summed E-state index contributed by atoms with van der Waals surface area (Å²) in [4.78, 5) is 4.37. The van der Waals surface area contributed by atoms with Gasteiger partial charge in [-0.05, 0) is 38.5 Å². The maximum absolute atomic E-state index is 6.25. The maximum Gasteiger partial charge on any atom is 0.106 e. The zero-order valence-corrected chi connectivity index (χ0v) is 12.0. The lowest BCUT2D eigenvalue weighted by Crippen LogP contribution is -2.32. The first-order chi connectivity index (χ1) is 9.04. The third-order valence-electron chi connectivity index (χ3n) is 2.95. The zero-order chi connectivity index (χ0) is 14.0. The molecular weight excluding hydrogens is 262 g/mol. The quantitative estimate of drug-likeness (QED) is 0.666. The standard InChI is InChI=1S/C13H18ClN5/c1-8(2)19-13(10(14)7-17-19)12(18-15)11-6-9(3)4-5-16-11/h4-8,12,18H,15H2,1-3H3. The first kappa shape index (κ1) is 14.0. The minimum absolute atomic E-state index is 0.197. The first-order valence-corrected chi connectivity index (χ1v) is 6.54. The summed E-state index contributed by atoms with van der Waals surface area (Å²) in [6.07, 6.45) is 3.40. The van der Waals surface area contributed by atoms with Gasteiger partial charge in [-0.3, -0.25) is 15.5 Å². The molecule has 1 unspecified atom stereocenters. The largest absolute Gasteiger partial charge is 0.270 e. The Morgan fingerprint density at radius 3 is 2.74 bits per heavy atom. The molecule has 0 radical (unpaired) electrons. The van der Waals surface area contributed by atoms with Crippen LogP contribution in [0.15, 0.2) is 24.5 Å². The van der Waals surface area contributed by atoms with Crippen LogP contribution in [0.4, 0.5) is 0 Å². The third-order valence-corrected chi connectivity index (χ3v) is 3.24. The predicted octanol–water partition coefficient (Wildman–Crippen LogP) is 2.37. The number of hydrazine groups is 1. The molecule has 5 nitrogen and oxygen atoms in total. The number of halogens is 1. The predicted molar refractivity (Wildman–Crippen MR) is 75.8 cm³/mol. The Hall–Kier alpha value is -1.43. The molecule has 0 amide bonds. The number of hydrogen-bond donors (Lipinski definition) is 2. The monoisotopic (exact) mass is 279 g/mol. The summed E-state index contributed by atoms with van der Waals surface area (Å²) < 4.78 is 1.86. The van der Waals surface area contributed by atoms with Crippen molar-refractivity contribution in [1.29, 1.82) is 0 Å². The minimum atomic E-state index is -0.280. The molecule has 2 aromatic rings. The van der Waals surface area contributed by atoms with Gasteiger partial charge in [-0.1, -0.05) is 11.6 Å². The molecule has 0 spiro atoms. The number of nitrogens with two attached hydrogens (primary N) is 1. The molecule has 2 rings (SSSR count). The van der Waals surface area contributed by atoms with E-state index < -0.39 is 0 Å². The number of nitrogens with one attached hydrogen (secondary N) is 1. The van der Waals surface area contributed by atoms with E-state index in [1.54, 1.807) is 12.4 Å². The van der Waals surface area contributed by atoms with Crippen LogP contribution < -0.4 is 11.3 Å². The second-order valence-electron chi connectivity index (χ2n) is 4.77. The van der Waals surface area contributed by atoms with E-state index in [1.165, 1.54) is 0 Å². The molecule has 0 aromatic carbocycles. The van der Waals surface area contributed by atoms with E-state index in [-0.39, 0.29) is 12.1 Å². The number of nitrogens with zero attached hydrogens (tertiary/aromatic N) is 3. The molecule has 0 fully saturated rings. The van der Waals surface area contributed by atoms with Gasteiger partial charge in [0, 0.05) is 12.2 Å². The minimum Gasteiger partial charge on any atom is -0.270 e. The van der Waals surface area contributed by atoms with Crippen molar-refractivity contribution >= 4 is 11.6 Å². The smallest absolute Gasteiger partial charge is 0.106 e. The van der Waals surface area contributed by atoms with Gasteiger partial charge in [0.1, 0.15) is 6.04 Å². The Kier molecular flexibility index (Phi) is 4.19. The van der Waals surface area contributed by atoms with Crippen LogP contribution >= 0.6 is 11.6 Å². The van der Waals surface area contributed by atoms with Gasteiger partial charge in [0.2, 0.25) is 0 Å². The molecular formula is C13H18ClN5. The van der Waals surface area contributed by atoms with E-state index in [2.05, 4.69) is 15.5 Å². The number of rotatable bonds is 4. The average Bonchev–Trinajstić information content (AvgIpc) is 2.73. The summed E-state index contributed by atoms with van der Waals surface area (Å²) in [5.41, 5.74) is 5.56. The topological polar surface area (TPSA) is 68.8 Å². The van der Waals surface area contributed by atoms with Crippen LogP contribution in [-0.2, 0) is 0 Å². The Morgan fingerprint density at radius 2 is 2.16 bits per heavy atom. The molecule has 0 saturated carbocycles. The lowest BCUT2D eigenvalue weighted by atomic mass is 10.1. The second-order valence-corrected chi connectivity index (χ2v) is 5.18. The Balaban J connectivity index is 2.51. The van der Waals surface area contributed by atoms with E-state index in [0.29, 0.717) is 5.02 Å². The van der Waals surface area contributed by atoms with Crippen molar-refractivity contribution in [2.45, 2.75) is 32.9 Å². The van der Waals surface area contributed by atoms with Crippen LogP contribution in [-0.4, -0.2) is 14.8 Å². The second kappa shape index (κ2) is 5.69. The van der Waals surface area contributed by atoms with E-state index in [0.717, 1.165) is 17.0 Å². The number of aromatic nitrogens is 3. The molecule has 6 heteroatoms. The van der Waals surface area contributed by atoms with Crippen molar-refractivity contribution in [3.05, 3.63) is 46.5 Å². The SMILES string of the molecule is Cc1ccnc(C(NN)c2c(Cl)cnn2C(C)C)c1. The van der Waals surface area contributed by atoms with Crippen LogP contribution in [0.1, 0.15) is 42.9 Å². The average molecular weight is 280 g/mol. The van der Waals surface area contributed by atoms with Gasteiger partial charge in [-0.25, -0.2) is 5.43 Å². The molecule has 2 aromatic heterocycles. The summed E-state index contributed by atoms with van der Waals surface area (Å²) in [5.74, 6) is 5.69. The van der Waals surface area contributed by atoms with Crippen LogP contribution in [0.25, 0.3) is 0 Å². The van der Waals surface area contributed by atoms with Crippen LogP contribution in [0.2, 0.25) is 5.02 Å². The van der Waals surface area contributed by atoms with Crippen LogP contribution in [0.3, 0.4) is 0 Å². The van der Waals surface area contributed by atoms with Crippen LogP contribution in [0, 0.1) is 6.92 Å². The highest BCUT2D eigenvalue weighted by molar-refractivity contribution is 6.31. The summed E-state index contributed by atoms with van der Waals surface area (Å²) in [5, 5.41) is 4.88. The molecule has 2 heterocycles. The molecule has 3 N–H and O–H groups in total. The number of hydrogen-bond acceptors (Lipinski definition) is 4. The number of aryl methyl sites for hydroxylation is 1. The highest BCUT2D eigenvalue weighted by Gasteiger charge is 2.23. The fraction of sp³-hybridized carbons (Fsp3) is 0.385. The van der Waals surface area contributed by atoms with Crippen molar-refractivity contribution in [2.75, 3.05) is 0 Å². The van der Waals surface area contributed by atoms with Crippen LogP contribution in [0.5, 0.6) is 0 Å². The molecule has 0 bridgehead atoms. The van der Waals surface area contributed by atoms with Crippen molar-refractivity contribution in [1.82, 2.24) is 20.2 Å². The molecule has 0 aliphatic carbocycles. The molecule has 19 heavy (non-hydrogen) atoms. The van der Waals surface area contributed by atoms with Gasteiger partial charge in [0.15, 0.2) is 0 Å². The summed E-state index contributed by atoms with van der Waals surface area (Å²) >= 11 is 6.25. The lowest BCUT2D eigenvalue weighted by molar-refractivity contribution is 0.473. The van der Waals surface area contributed by atoms with Gasteiger partial charge < -0.3 is 0 Å². The van der Waals surface area contributed by atoms with Crippen molar-refractivity contribution in [3.63, 3.8) is 0 Å². The third kappa shape index (κ3) is 2.78. The van der Waals surface area contributed by atoms with E-state index in [1.807, 2.05) is 37.6 Å². The summed E-state index contributed by atoms with van der Waals surface area (Å²) in [6, 6.07) is 3.84. The van der Waals surface area contributed by atoms with Gasteiger partial charge in [0.05, 0.1) is 22.6 Å². The van der Waals surface area contributed by atoms with E-state index in [4.69, 9.17) is 17.4 Å². The first-order valence-electron chi connectivity index (χ1n) is 6.16. The van der Waals surface area contributed by atoms with Gasteiger partial charge in [-0.15, -0.1) is 0 Å². The fourth-order valence-corrected chi connectivity index (χ4v) is 2.29. The van der Waals surface area contributed by atoms with E-state index in [9.17, 15) is 0 Å². The number of pyridine rings is 1. The van der Waals surface area contributed by atoms with Gasteiger partial charge >= 0.3 is 0 Å². The molecule has 0 saturated heterocycles. The highest BCUT2D eigenvalue weighted by Crippen LogP contribution is 2.29. The lowest BCUT2D eigenvalue weighted by Gasteiger charge is -2.20. The van der Waals surface area contributed by atoms with Crippen molar-refractivity contribution in [3.8, 4) is 0 Å². The van der Waals surface area contributed by atoms with Gasteiger partial charge in [0.25, 0.3) is 0 Å². The molecule has 0 aliphatic rings. The summed E-state index contributed by atoms with van der Waals surface area (Å²) in [6.45, 7) is 6.11. The Bertz CT molecular complexity index is 564. The Labute approximate surface area is 117 Å². The zero-order valence-electron chi connectivity index (χ0n) is 11.3. The normalized spacial score (nSPS) is 12.9. The Morgan fingerprint density at radius 1 is 1.42 bits per heavy atom. The van der Waals surface area contributed by atoms with E-state index >= 15 is 0 Å². The molecule has 0 aliphatic heterocycles. The maximum atomic E-state index is 6.25. The van der Waals surface area contributed by atoms with Crippen molar-refractivity contribution < 1.29 is 0 Å². The van der Waals surface area contributed by atoms with Gasteiger partial charge in [-0.2, -0.15) is 5.10 Å². The highest BCUT2D eigenvalue weighted by atomic mass is 35.5. The summed E-state index contributed by atoms with van der Waals surface area (Å²) in [7, 11) is 0. The fourth-order valence-electron chi connectivity index (χ4n) is 2.05.